The van der Waals surface area contributed by atoms with E-state index < -0.39 is 8.07 Å². The number of hydrogen-bond donors (Lipinski definition) is 0. The van der Waals surface area contributed by atoms with E-state index in [4.69, 9.17) is 0 Å². The second-order valence-electron chi connectivity index (χ2n) is 9.09. The van der Waals surface area contributed by atoms with Gasteiger partial charge >= 0.3 is 0 Å². The Hall–Kier alpha value is -2.71. The molecule has 3 aromatic carbocycles. The maximum atomic E-state index is 11.6. The second kappa shape index (κ2) is 9.40. The Balaban J connectivity index is 2.15. The fourth-order valence-electron chi connectivity index (χ4n) is 4.73. The fraction of sp³-hybridized carbons (Fsp3) is 0.250. The highest BCUT2D eigenvalue weighted by atomic mass is 28.3. The zero-order chi connectivity index (χ0) is 21.6. The number of aldehydes is 1. The van der Waals surface area contributed by atoms with E-state index >= 15 is 0 Å². The topological polar surface area (TPSA) is 17.1 Å². The molecule has 1 nitrogen and oxygen atoms in total. The maximum absolute atomic E-state index is 11.6. The van der Waals surface area contributed by atoms with Crippen LogP contribution in [0.1, 0.15) is 38.7 Å². The summed E-state index contributed by atoms with van der Waals surface area (Å²) >= 11 is 0. The van der Waals surface area contributed by atoms with Crippen molar-refractivity contribution in [2.75, 3.05) is 0 Å². The molecule has 0 fully saturated rings. The molecule has 2 heteroatoms. The van der Waals surface area contributed by atoms with Gasteiger partial charge in [-0.1, -0.05) is 134 Å². The van der Waals surface area contributed by atoms with Crippen LogP contribution in [0.3, 0.4) is 0 Å². The largest absolute Gasteiger partial charge is 0.303 e. The second-order valence-corrected chi connectivity index (χ2v) is 13.9. The van der Waals surface area contributed by atoms with Gasteiger partial charge in [0.05, 0.1) is 0 Å². The standard InChI is InChI=1S/C28H32OSi/c1-23(27(20-21-29)24-14-8-5-9-15-24)22-30(28(2,3)4,25-16-10-6-11-17-25)26-18-12-7-13-19-26/h5-19,21,27H,1,20,22H2,2-4H3. The fourth-order valence-corrected chi connectivity index (χ4v) is 10.2. The van der Waals surface area contributed by atoms with Crippen molar-refractivity contribution in [3.05, 3.63) is 109 Å². The van der Waals surface area contributed by atoms with Crippen LogP contribution in [0.4, 0.5) is 0 Å². The van der Waals surface area contributed by atoms with E-state index in [-0.39, 0.29) is 11.0 Å². The first-order chi connectivity index (χ1) is 14.4. The predicted octanol–water partition coefficient (Wildman–Crippen LogP) is 5.98. The Labute approximate surface area is 182 Å². The molecule has 0 aliphatic carbocycles. The number of benzene rings is 3. The van der Waals surface area contributed by atoms with Crippen LogP contribution in [-0.4, -0.2) is 14.4 Å². The van der Waals surface area contributed by atoms with Gasteiger partial charge in [-0.2, -0.15) is 0 Å². The van der Waals surface area contributed by atoms with Crippen molar-refractivity contribution in [2.24, 2.45) is 0 Å². The minimum Gasteiger partial charge on any atom is -0.303 e. The molecule has 0 spiro atoms. The predicted molar refractivity (Wildman–Crippen MR) is 131 cm³/mol. The molecule has 0 radical (unpaired) electrons. The molecule has 0 aliphatic rings. The number of hydrogen-bond acceptors (Lipinski definition) is 1. The molecule has 0 N–H and O–H groups in total. The molecule has 30 heavy (non-hydrogen) atoms. The van der Waals surface area contributed by atoms with Crippen LogP contribution in [0.5, 0.6) is 0 Å². The van der Waals surface area contributed by atoms with E-state index in [2.05, 4.69) is 100 Å². The molecule has 0 saturated carbocycles. The summed E-state index contributed by atoms with van der Waals surface area (Å²) < 4.78 is 0. The van der Waals surface area contributed by atoms with Gasteiger partial charge in [0.25, 0.3) is 0 Å². The van der Waals surface area contributed by atoms with Gasteiger partial charge in [0.15, 0.2) is 0 Å². The molecule has 0 aromatic heterocycles. The smallest absolute Gasteiger partial charge is 0.127 e. The van der Waals surface area contributed by atoms with Crippen molar-refractivity contribution in [3.63, 3.8) is 0 Å². The van der Waals surface area contributed by atoms with Gasteiger partial charge in [0.2, 0.25) is 0 Å². The molecule has 1 atom stereocenters. The summed E-state index contributed by atoms with van der Waals surface area (Å²) in [6.07, 6.45) is 1.51. The number of carbonyl (C=O) groups is 1. The quantitative estimate of drug-likeness (QED) is 0.253. The highest BCUT2D eigenvalue weighted by Crippen LogP contribution is 2.43. The van der Waals surface area contributed by atoms with Gasteiger partial charge < -0.3 is 4.79 Å². The first-order valence-electron chi connectivity index (χ1n) is 10.7. The van der Waals surface area contributed by atoms with E-state index in [1.807, 2.05) is 18.2 Å². The SMILES string of the molecule is C=C(C[Si](c1ccccc1)(c1ccccc1)C(C)(C)C)C(CC=O)c1ccccc1. The Morgan fingerprint density at radius 3 is 1.67 bits per heavy atom. The molecule has 0 saturated heterocycles. The lowest BCUT2D eigenvalue weighted by molar-refractivity contribution is -0.108. The van der Waals surface area contributed by atoms with Crippen LogP contribution in [0.15, 0.2) is 103 Å². The van der Waals surface area contributed by atoms with Gasteiger partial charge in [-0.25, -0.2) is 0 Å². The Morgan fingerprint density at radius 1 is 0.833 bits per heavy atom. The minimum absolute atomic E-state index is 0.0466. The van der Waals surface area contributed by atoms with Crippen molar-refractivity contribution in [2.45, 2.75) is 44.2 Å². The van der Waals surface area contributed by atoms with Crippen molar-refractivity contribution < 1.29 is 4.79 Å². The molecule has 1 unspecified atom stereocenters. The molecular weight excluding hydrogens is 380 g/mol. The molecular formula is C28H32OSi. The highest BCUT2D eigenvalue weighted by Gasteiger charge is 2.48. The summed E-state index contributed by atoms with van der Waals surface area (Å²) in [5.41, 5.74) is 2.33. The van der Waals surface area contributed by atoms with Crippen molar-refractivity contribution in [1.29, 1.82) is 0 Å². The Morgan fingerprint density at radius 2 is 1.27 bits per heavy atom. The first kappa shape index (κ1) is 22.0. The third-order valence-electron chi connectivity index (χ3n) is 6.33. The summed E-state index contributed by atoms with van der Waals surface area (Å²) in [4.78, 5) is 11.6. The maximum Gasteiger partial charge on any atom is 0.127 e. The Bertz CT molecular complexity index is 916. The average molecular weight is 413 g/mol. The zero-order valence-electron chi connectivity index (χ0n) is 18.3. The normalized spacial score (nSPS) is 12.9. The van der Waals surface area contributed by atoms with Crippen LogP contribution in [-0.2, 0) is 4.79 Å². The number of allylic oxidation sites excluding steroid dienone is 1. The molecule has 0 bridgehead atoms. The minimum atomic E-state index is -2.25. The van der Waals surface area contributed by atoms with E-state index in [1.54, 1.807) is 0 Å². The summed E-state index contributed by atoms with van der Waals surface area (Å²) in [5, 5.41) is 2.91. The third-order valence-corrected chi connectivity index (χ3v) is 12.5. The summed E-state index contributed by atoms with van der Waals surface area (Å²) in [6, 6.07) is 33.2. The van der Waals surface area contributed by atoms with Crippen LogP contribution >= 0.6 is 0 Å². The highest BCUT2D eigenvalue weighted by molar-refractivity contribution is 7.04. The molecule has 0 aliphatic heterocycles. The lowest BCUT2D eigenvalue weighted by atomic mass is 9.90. The zero-order valence-corrected chi connectivity index (χ0v) is 19.3. The monoisotopic (exact) mass is 412 g/mol. The van der Waals surface area contributed by atoms with E-state index in [1.165, 1.54) is 15.9 Å². The first-order valence-corrected chi connectivity index (χ1v) is 12.9. The van der Waals surface area contributed by atoms with Gasteiger partial charge in [-0.15, -0.1) is 0 Å². The Kier molecular flexibility index (Phi) is 6.89. The summed E-state index contributed by atoms with van der Waals surface area (Å²) in [7, 11) is -2.25. The van der Waals surface area contributed by atoms with Gasteiger partial charge in [-0.3, -0.25) is 0 Å². The van der Waals surface area contributed by atoms with Gasteiger partial charge in [-0.05, 0) is 16.6 Å². The van der Waals surface area contributed by atoms with Gasteiger partial charge in [0, 0.05) is 12.3 Å². The van der Waals surface area contributed by atoms with Crippen molar-refractivity contribution in [1.82, 2.24) is 0 Å². The van der Waals surface area contributed by atoms with Crippen molar-refractivity contribution in [3.8, 4) is 0 Å². The number of rotatable bonds is 8. The summed E-state index contributed by atoms with van der Waals surface area (Å²) in [6.45, 7) is 11.7. The molecule has 3 rings (SSSR count). The van der Waals surface area contributed by atoms with Crippen LogP contribution in [0.2, 0.25) is 11.1 Å². The molecule has 0 amide bonds. The molecule has 0 heterocycles. The summed E-state index contributed by atoms with van der Waals surface area (Å²) in [5.74, 6) is 0.0466. The van der Waals surface area contributed by atoms with E-state index in [0.29, 0.717) is 6.42 Å². The number of carbonyl (C=O) groups excluding carboxylic acids is 1. The van der Waals surface area contributed by atoms with Gasteiger partial charge in [0.1, 0.15) is 14.4 Å². The lowest BCUT2D eigenvalue weighted by Crippen LogP contribution is -2.64. The average Bonchev–Trinajstić information content (AvgIpc) is 2.76. The molecule has 154 valence electrons. The third kappa shape index (κ3) is 4.39. The van der Waals surface area contributed by atoms with Crippen molar-refractivity contribution >= 4 is 24.7 Å². The van der Waals surface area contributed by atoms with Crippen LogP contribution < -0.4 is 10.4 Å². The lowest BCUT2D eigenvalue weighted by Gasteiger charge is -2.45. The van der Waals surface area contributed by atoms with Crippen LogP contribution in [0, 0.1) is 0 Å². The van der Waals surface area contributed by atoms with E-state index in [0.717, 1.165) is 17.9 Å². The van der Waals surface area contributed by atoms with Crippen LogP contribution in [0.25, 0.3) is 0 Å². The molecule has 3 aromatic rings. The van der Waals surface area contributed by atoms with E-state index in [9.17, 15) is 4.79 Å².